The lowest BCUT2D eigenvalue weighted by Gasteiger charge is -2.34. The van der Waals surface area contributed by atoms with Crippen LogP contribution in [0.3, 0.4) is 0 Å². The molecule has 7 atom stereocenters. The van der Waals surface area contributed by atoms with Gasteiger partial charge in [0.15, 0.2) is 6.54 Å². The maximum absolute atomic E-state index is 12.8. The minimum atomic E-state index is -0.259. The van der Waals surface area contributed by atoms with Crippen LogP contribution in [0.4, 0.5) is 0 Å². The highest BCUT2D eigenvalue weighted by atomic mass is 16.7. The number of hydrogen-bond donors (Lipinski definition) is 0. The van der Waals surface area contributed by atoms with Crippen molar-refractivity contribution >= 4 is 11.9 Å². The van der Waals surface area contributed by atoms with E-state index < -0.39 is 0 Å². The molecule has 4 heterocycles. The zero-order valence-electron chi connectivity index (χ0n) is 17.1. The molecule has 0 N–H and O–H groups in total. The molecule has 0 spiro atoms. The monoisotopic (exact) mass is 407 g/mol. The van der Waals surface area contributed by atoms with Crippen LogP contribution in [-0.4, -0.2) is 67.2 Å². The minimum Gasteiger partial charge on any atom is -0.459 e. The molecular weight excluding hydrogens is 376 g/mol. The number of nitriles is 1. The maximum Gasteiger partial charge on any atom is 0.372 e. The van der Waals surface area contributed by atoms with Crippen LogP contribution >= 0.6 is 0 Å². The zero-order chi connectivity index (χ0) is 20.4. The van der Waals surface area contributed by atoms with E-state index in [4.69, 9.17) is 24.3 Å². The number of ether oxygens (including phenoxy) is 3. The summed E-state index contributed by atoms with van der Waals surface area (Å²) in [4.78, 5) is 31.2. The number of quaternary nitrogens is 1. The molecule has 0 aromatic rings. The van der Waals surface area contributed by atoms with Gasteiger partial charge < -0.3 is 14.2 Å². The van der Waals surface area contributed by atoms with Crippen molar-refractivity contribution in [2.45, 2.75) is 76.3 Å². The summed E-state index contributed by atoms with van der Waals surface area (Å²) in [6, 6.07) is 2.13. The van der Waals surface area contributed by atoms with Crippen LogP contribution in [0.2, 0.25) is 0 Å². The van der Waals surface area contributed by atoms with Gasteiger partial charge >= 0.3 is 11.9 Å². The van der Waals surface area contributed by atoms with Crippen LogP contribution in [0, 0.1) is 23.2 Å². The molecule has 8 heteroatoms. The molecule has 4 aliphatic rings. The topological polar surface area (TPSA) is 94.9 Å². The van der Waals surface area contributed by atoms with Gasteiger partial charge in [0.2, 0.25) is 0 Å². The van der Waals surface area contributed by atoms with Crippen molar-refractivity contribution in [1.29, 1.82) is 5.26 Å². The first-order valence-corrected chi connectivity index (χ1v) is 11.0. The van der Waals surface area contributed by atoms with Gasteiger partial charge in [0.1, 0.15) is 19.7 Å². The first-order valence-electron chi connectivity index (χ1n) is 11.0. The second-order valence-corrected chi connectivity index (χ2v) is 8.74. The summed E-state index contributed by atoms with van der Waals surface area (Å²) < 4.78 is 17.1. The molecule has 0 amide bonds. The predicted molar refractivity (Wildman–Crippen MR) is 99.8 cm³/mol. The van der Waals surface area contributed by atoms with Crippen LogP contribution in [-0.2, 0) is 28.6 Å². The molecule has 4 saturated heterocycles. The Kier molecular flexibility index (Phi) is 6.09. The molecule has 4 rings (SSSR count). The Morgan fingerprint density at radius 1 is 1.00 bits per heavy atom. The molecule has 0 aliphatic carbocycles. The molecule has 4 fully saturated rings. The number of nitrogens with zero attached hydrogens (tertiary/aromatic N) is 2. The molecule has 0 saturated carbocycles. The van der Waals surface area contributed by atoms with Crippen molar-refractivity contribution in [1.82, 2.24) is 0 Å². The summed E-state index contributed by atoms with van der Waals surface area (Å²) in [5, 5.41) is 9.05. The number of rotatable bonds is 9. The fourth-order valence-electron chi connectivity index (χ4n) is 5.29. The van der Waals surface area contributed by atoms with E-state index in [1.165, 1.54) is 0 Å². The van der Waals surface area contributed by atoms with Gasteiger partial charge in [0.05, 0.1) is 48.7 Å². The highest BCUT2D eigenvalue weighted by Crippen LogP contribution is 2.40. The van der Waals surface area contributed by atoms with E-state index in [1.807, 2.05) is 6.92 Å². The van der Waals surface area contributed by atoms with E-state index in [1.54, 1.807) is 0 Å². The summed E-state index contributed by atoms with van der Waals surface area (Å²) in [7, 11) is 0. The Labute approximate surface area is 171 Å². The van der Waals surface area contributed by atoms with E-state index in [0.29, 0.717) is 26.1 Å². The third-order valence-corrected chi connectivity index (χ3v) is 7.05. The standard InChI is InChI=1S/C21H31N2O6/c1-2-23(9-3-8-22,29-21(25)17-13-15-5-7-19(17)28-15)10-11-26-20(24)16-12-14-4-6-18(16)27-14/h14-19H,2-7,9-13H2,1H3/q+1. The summed E-state index contributed by atoms with van der Waals surface area (Å²) in [5.74, 6) is -0.886. The van der Waals surface area contributed by atoms with Gasteiger partial charge in [0.25, 0.3) is 0 Å². The summed E-state index contributed by atoms with van der Waals surface area (Å²) >= 11 is 0. The summed E-state index contributed by atoms with van der Waals surface area (Å²) in [6.07, 6.45) is 5.90. The van der Waals surface area contributed by atoms with E-state index in [2.05, 4.69) is 6.07 Å². The molecule has 7 unspecified atom stereocenters. The molecule has 4 aliphatic heterocycles. The van der Waals surface area contributed by atoms with Crippen molar-refractivity contribution in [3.05, 3.63) is 0 Å². The van der Waals surface area contributed by atoms with Crippen LogP contribution in [0.25, 0.3) is 0 Å². The number of esters is 1. The van der Waals surface area contributed by atoms with Crippen molar-refractivity contribution in [3.8, 4) is 6.07 Å². The number of carbonyl (C=O) groups excluding carboxylic acids is 2. The quantitative estimate of drug-likeness (QED) is 0.327. The van der Waals surface area contributed by atoms with Crippen molar-refractivity contribution in [2.24, 2.45) is 11.8 Å². The van der Waals surface area contributed by atoms with Crippen LogP contribution in [0.1, 0.15) is 51.9 Å². The van der Waals surface area contributed by atoms with E-state index in [9.17, 15) is 9.59 Å². The van der Waals surface area contributed by atoms with E-state index in [-0.39, 0.29) is 65.9 Å². The van der Waals surface area contributed by atoms with Gasteiger partial charge in [0, 0.05) is 0 Å². The molecule has 8 nitrogen and oxygen atoms in total. The van der Waals surface area contributed by atoms with Crippen LogP contribution < -0.4 is 0 Å². The highest BCUT2D eigenvalue weighted by Gasteiger charge is 2.48. The number of likely N-dealkylation sites (N-methyl/N-ethyl adjacent to an activating group) is 1. The largest absolute Gasteiger partial charge is 0.459 e. The first kappa shape index (κ1) is 20.6. The molecule has 0 radical (unpaired) electrons. The zero-order valence-corrected chi connectivity index (χ0v) is 17.1. The van der Waals surface area contributed by atoms with Crippen molar-refractivity contribution in [2.75, 3.05) is 26.2 Å². The number of fused-ring (bicyclic) bond motifs is 4. The number of hydroxylamine groups is 3. The van der Waals surface area contributed by atoms with Gasteiger partial charge in [-0.1, -0.05) is 0 Å². The molecule has 0 aromatic carbocycles. The van der Waals surface area contributed by atoms with Gasteiger partial charge in [-0.2, -0.15) is 5.26 Å². The van der Waals surface area contributed by atoms with Gasteiger partial charge in [-0.3, -0.25) is 9.63 Å². The second kappa shape index (κ2) is 8.58. The Bertz CT molecular complexity index is 679. The lowest BCUT2D eigenvalue weighted by atomic mass is 9.89. The molecule has 160 valence electrons. The van der Waals surface area contributed by atoms with Crippen LogP contribution in [0.15, 0.2) is 0 Å². The molecule has 29 heavy (non-hydrogen) atoms. The van der Waals surface area contributed by atoms with Crippen molar-refractivity contribution < 1.29 is 33.3 Å². The fraction of sp³-hybridized carbons (Fsp3) is 0.857. The van der Waals surface area contributed by atoms with Crippen LogP contribution in [0.5, 0.6) is 0 Å². The van der Waals surface area contributed by atoms with Gasteiger partial charge in [-0.05, 0) is 45.4 Å². The van der Waals surface area contributed by atoms with Gasteiger partial charge in [-0.25, -0.2) is 4.79 Å². The fourth-order valence-corrected chi connectivity index (χ4v) is 5.29. The number of carbonyl (C=O) groups is 2. The molecule has 0 aromatic heterocycles. The highest BCUT2D eigenvalue weighted by molar-refractivity contribution is 5.74. The lowest BCUT2D eigenvalue weighted by Crippen LogP contribution is -2.53. The Morgan fingerprint density at radius 2 is 1.62 bits per heavy atom. The second-order valence-electron chi connectivity index (χ2n) is 8.74. The normalized spacial score (nSPS) is 36.6. The Hall–Kier alpha value is -1.69. The summed E-state index contributed by atoms with van der Waals surface area (Å²) in [6.45, 7) is 3.33. The molecule has 4 bridgehead atoms. The summed E-state index contributed by atoms with van der Waals surface area (Å²) in [5.41, 5.74) is 0. The Morgan fingerprint density at radius 3 is 2.10 bits per heavy atom. The average molecular weight is 407 g/mol. The number of hydrogen-bond acceptors (Lipinski definition) is 7. The third-order valence-electron chi connectivity index (χ3n) is 7.05. The third kappa shape index (κ3) is 4.27. The van der Waals surface area contributed by atoms with E-state index in [0.717, 1.165) is 32.1 Å². The lowest BCUT2D eigenvalue weighted by molar-refractivity contribution is -1.09. The predicted octanol–water partition coefficient (Wildman–Crippen LogP) is 1.87. The maximum atomic E-state index is 12.8. The van der Waals surface area contributed by atoms with Crippen molar-refractivity contribution in [3.63, 3.8) is 0 Å². The molecular formula is C21H31N2O6+. The Balaban J connectivity index is 1.32. The first-order chi connectivity index (χ1) is 14.0. The van der Waals surface area contributed by atoms with E-state index >= 15 is 0 Å². The SMILES string of the molecule is CC[N+](CCC#N)(CCOC(=O)C1CC2CCC1O2)OC(=O)C1CC2CCC1O2. The minimum absolute atomic E-state index is 0.000774. The van der Waals surface area contributed by atoms with Gasteiger partial charge in [-0.15, -0.1) is 4.65 Å². The smallest absolute Gasteiger partial charge is 0.372 e. The average Bonchev–Trinajstić information content (AvgIpc) is 3.52.